The van der Waals surface area contributed by atoms with Gasteiger partial charge in [0, 0.05) is 11.3 Å². The average molecular weight is 345 g/mol. The Hall–Kier alpha value is -2.80. The number of thiocarbonyl (C=S) groups is 1. The number of anilines is 1. The number of benzene rings is 2. The summed E-state index contributed by atoms with van der Waals surface area (Å²) >= 11 is 5.16. The van der Waals surface area contributed by atoms with Crippen LogP contribution in [0.25, 0.3) is 0 Å². The number of aromatic hydroxyl groups is 1. The monoisotopic (exact) mass is 345 g/mol. The van der Waals surface area contributed by atoms with Crippen LogP contribution in [-0.4, -0.2) is 30.2 Å². The molecule has 2 aromatic rings. The molecule has 0 aliphatic heterocycles. The Morgan fingerprint density at radius 2 is 2.00 bits per heavy atom. The maximum absolute atomic E-state index is 10.1. The van der Waals surface area contributed by atoms with Crippen molar-refractivity contribution in [3.05, 3.63) is 48.0 Å². The molecule has 0 amide bonds. The van der Waals surface area contributed by atoms with Gasteiger partial charge in [-0.1, -0.05) is 6.07 Å². The van der Waals surface area contributed by atoms with E-state index in [0.717, 1.165) is 11.4 Å². The summed E-state index contributed by atoms with van der Waals surface area (Å²) in [5.74, 6) is 1.22. The van der Waals surface area contributed by atoms with Gasteiger partial charge in [0.25, 0.3) is 0 Å². The Morgan fingerprint density at radius 1 is 1.25 bits per heavy atom. The van der Waals surface area contributed by atoms with Crippen molar-refractivity contribution in [1.82, 2.24) is 5.43 Å². The average Bonchev–Trinajstić information content (AvgIpc) is 2.59. The first-order chi connectivity index (χ1) is 11.6. The van der Waals surface area contributed by atoms with Crippen molar-refractivity contribution >= 4 is 29.2 Å². The van der Waals surface area contributed by atoms with Crippen molar-refractivity contribution in [2.75, 3.05) is 19.0 Å². The van der Waals surface area contributed by atoms with E-state index in [9.17, 15) is 5.11 Å². The van der Waals surface area contributed by atoms with E-state index in [1.165, 1.54) is 6.21 Å². The molecule has 126 valence electrons. The number of phenolic OH excluding ortho intramolecular Hbond substituents is 1. The Balaban J connectivity index is 1.93. The van der Waals surface area contributed by atoms with E-state index >= 15 is 0 Å². The largest absolute Gasteiger partial charge is 0.504 e. The minimum absolute atomic E-state index is 0.0407. The van der Waals surface area contributed by atoms with Gasteiger partial charge in [-0.15, -0.1) is 0 Å². The van der Waals surface area contributed by atoms with Crippen molar-refractivity contribution in [1.29, 1.82) is 0 Å². The smallest absolute Gasteiger partial charge is 0.191 e. The molecule has 0 saturated carbocycles. The summed E-state index contributed by atoms with van der Waals surface area (Å²) in [6.07, 6.45) is 1.47. The first kappa shape index (κ1) is 17.6. The number of rotatable bonds is 6. The molecule has 6 nitrogen and oxygen atoms in total. The van der Waals surface area contributed by atoms with Gasteiger partial charge in [0.2, 0.25) is 0 Å². The van der Waals surface area contributed by atoms with Gasteiger partial charge in [-0.3, -0.25) is 5.43 Å². The molecule has 0 spiro atoms. The van der Waals surface area contributed by atoms with Crippen LogP contribution in [0.5, 0.6) is 17.2 Å². The van der Waals surface area contributed by atoms with Gasteiger partial charge >= 0.3 is 0 Å². The molecule has 0 radical (unpaired) electrons. The highest BCUT2D eigenvalue weighted by Gasteiger charge is 2.05. The summed E-state index contributed by atoms with van der Waals surface area (Å²) in [5.41, 5.74) is 4.03. The highest BCUT2D eigenvalue weighted by molar-refractivity contribution is 7.80. The molecule has 0 aromatic heterocycles. The number of hydrazone groups is 1. The second kappa shape index (κ2) is 8.73. The van der Waals surface area contributed by atoms with Gasteiger partial charge in [0.15, 0.2) is 16.6 Å². The van der Waals surface area contributed by atoms with Crippen molar-refractivity contribution in [3.8, 4) is 17.2 Å². The van der Waals surface area contributed by atoms with Crippen molar-refractivity contribution < 1.29 is 14.6 Å². The zero-order valence-electron chi connectivity index (χ0n) is 13.4. The third kappa shape index (κ3) is 4.85. The number of ether oxygens (including phenoxy) is 2. The predicted molar refractivity (Wildman–Crippen MR) is 99.2 cm³/mol. The van der Waals surface area contributed by atoms with Crippen LogP contribution in [-0.2, 0) is 0 Å². The normalized spacial score (nSPS) is 10.4. The fourth-order valence-corrected chi connectivity index (χ4v) is 2.08. The predicted octanol–water partition coefficient (Wildman–Crippen LogP) is 3.12. The Bertz CT molecular complexity index is 718. The van der Waals surface area contributed by atoms with Gasteiger partial charge < -0.3 is 19.9 Å². The Labute approximate surface area is 146 Å². The van der Waals surface area contributed by atoms with E-state index < -0.39 is 0 Å². The second-order valence-electron chi connectivity index (χ2n) is 4.68. The van der Waals surface area contributed by atoms with Crippen LogP contribution in [0, 0.1) is 0 Å². The van der Waals surface area contributed by atoms with E-state index in [2.05, 4.69) is 15.8 Å². The summed E-state index contributed by atoms with van der Waals surface area (Å²) in [7, 11) is 1.61. The summed E-state index contributed by atoms with van der Waals surface area (Å²) in [6, 6.07) is 12.5. The molecule has 2 rings (SSSR count). The lowest BCUT2D eigenvalue weighted by atomic mass is 10.2. The quantitative estimate of drug-likeness (QED) is 0.424. The Kier molecular flexibility index (Phi) is 6.39. The highest BCUT2D eigenvalue weighted by Crippen LogP contribution is 2.28. The van der Waals surface area contributed by atoms with Gasteiger partial charge in [0.1, 0.15) is 5.75 Å². The molecule has 0 aliphatic carbocycles. The van der Waals surface area contributed by atoms with E-state index in [0.29, 0.717) is 23.0 Å². The fourth-order valence-electron chi connectivity index (χ4n) is 1.91. The molecule has 0 heterocycles. The molecular weight excluding hydrogens is 326 g/mol. The van der Waals surface area contributed by atoms with Crippen molar-refractivity contribution in [3.63, 3.8) is 0 Å². The standard InChI is InChI=1S/C17H19N3O3S/c1-3-23-15-6-4-5-12(16(15)21)11-18-20-17(24)19-13-7-9-14(22-2)10-8-13/h4-11,21H,3H2,1-2H3,(H2,19,20,24)/b18-11+. The number of nitrogens with zero attached hydrogens (tertiary/aromatic N) is 1. The van der Waals surface area contributed by atoms with Gasteiger partial charge in [-0.05, 0) is 55.5 Å². The van der Waals surface area contributed by atoms with Crippen LogP contribution in [0.1, 0.15) is 12.5 Å². The highest BCUT2D eigenvalue weighted by atomic mass is 32.1. The minimum atomic E-state index is 0.0407. The third-order valence-corrected chi connectivity index (χ3v) is 3.24. The maximum atomic E-state index is 10.1. The number of nitrogens with one attached hydrogen (secondary N) is 2. The van der Waals surface area contributed by atoms with Crippen LogP contribution in [0.3, 0.4) is 0 Å². The summed E-state index contributed by atoms with van der Waals surface area (Å²) < 4.78 is 10.4. The van der Waals surface area contributed by atoms with Crippen LogP contribution in [0.15, 0.2) is 47.6 Å². The summed E-state index contributed by atoms with van der Waals surface area (Å²) in [6.45, 7) is 2.33. The maximum Gasteiger partial charge on any atom is 0.191 e. The van der Waals surface area contributed by atoms with Crippen molar-refractivity contribution in [2.24, 2.45) is 5.10 Å². The first-order valence-electron chi connectivity index (χ1n) is 7.33. The number of para-hydroxylation sites is 1. The van der Waals surface area contributed by atoms with E-state index in [4.69, 9.17) is 21.7 Å². The van der Waals surface area contributed by atoms with Crippen LogP contribution in [0.4, 0.5) is 5.69 Å². The summed E-state index contributed by atoms with van der Waals surface area (Å²) in [5, 5.41) is 17.4. The molecule has 0 aliphatic rings. The third-order valence-electron chi connectivity index (χ3n) is 3.05. The lowest BCUT2D eigenvalue weighted by Crippen LogP contribution is -2.23. The number of phenols is 1. The molecular formula is C17H19N3O3S. The topological polar surface area (TPSA) is 75.1 Å². The molecule has 3 N–H and O–H groups in total. The molecule has 24 heavy (non-hydrogen) atoms. The van der Waals surface area contributed by atoms with Crippen LogP contribution >= 0.6 is 12.2 Å². The molecule has 7 heteroatoms. The molecule has 0 unspecified atom stereocenters. The van der Waals surface area contributed by atoms with E-state index in [1.807, 2.05) is 31.2 Å². The summed E-state index contributed by atoms with van der Waals surface area (Å²) in [4.78, 5) is 0. The van der Waals surface area contributed by atoms with Crippen LogP contribution < -0.4 is 20.2 Å². The zero-order valence-corrected chi connectivity index (χ0v) is 14.3. The lowest BCUT2D eigenvalue weighted by Gasteiger charge is -2.08. The minimum Gasteiger partial charge on any atom is -0.504 e. The molecule has 0 bridgehead atoms. The Morgan fingerprint density at radius 3 is 2.67 bits per heavy atom. The van der Waals surface area contributed by atoms with Gasteiger partial charge in [-0.25, -0.2) is 0 Å². The fraction of sp³-hybridized carbons (Fsp3) is 0.176. The van der Waals surface area contributed by atoms with Crippen LogP contribution in [0.2, 0.25) is 0 Å². The first-order valence-corrected chi connectivity index (χ1v) is 7.73. The van der Waals surface area contributed by atoms with Gasteiger partial charge in [0.05, 0.1) is 19.9 Å². The SMILES string of the molecule is CCOc1cccc(/C=N/NC(=S)Nc2ccc(OC)cc2)c1O. The number of hydrogen-bond acceptors (Lipinski definition) is 5. The molecule has 0 saturated heterocycles. The van der Waals surface area contributed by atoms with Gasteiger partial charge in [-0.2, -0.15) is 5.10 Å². The van der Waals surface area contributed by atoms with Crippen molar-refractivity contribution in [2.45, 2.75) is 6.92 Å². The molecule has 0 fully saturated rings. The second-order valence-corrected chi connectivity index (χ2v) is 5.09. The molecule has 2 aromatic carbocycles. The lowest BCUT2D eigenvalue weighted by molar-refractivity contribution is 0.318. The molecule has 0 atom stereocenters. The zero-order chi connectivity index (χ0) is 17.4. The van der Waals surface area contributed by atoms with E-state index in [-0.39, 0.29) is 5.75 Å². The number of hydrogen-bond donors (Lipinski definition) is 3. The number of methoxy groups -OCH3 is 1. The van der Waals surface area contributed by atoms with E-state index in [1.54, 1.807) is 25.3 Å².